The van der Waals surface area contributed by atoms with Crippen molar-refractivity contribution in [2.45, 2.75) is 19.3 Å². The van der Waals surface area contributed by atoms with Gasteiger partial charge in [0, 0.05) is 93.3 Å². The number of furan rings is 2. The molecule has 0 atom stereocenters. The van der Waals surface area contributed by atoms with E-state index in [0.717, 1.165) is 155 Å². The fraction of sp³-hybridized carbons (Fsp3) is 0.0270. The van der Waals surface area contributed by atoms with Gasteiger partial charge in [0.1, 0.15) is 22.3 Å². The van der Waals surface area contributed by atoms with Crippen molar-refractivity contribution >= 4 is 87.5 Å². The molecule has 121 heavy (non-hydrogen) atoms. The van der Waals surface area contributed by atoms with Gasteiger partial charge in [0.25, 0.3) is 0 Å². The Bertz CT molecular complexity index is 7930. The summed E-state index contributed by atoms with van der Waals surface area (Å²) in [5.41, 5.74) is 29.5. The molecule has 10 nitrogen and oxygen atoms in total. The first-order valence-electron chi connectivity index (χ1n) is 40.9. The minimum Gasteiger partial charge on any atom is -0.456 e. The summed E-state index contributed by atoms with van der Waals surface area (Å²) < 4.78 is 18.1. The molecular weight excluding hydrogens is 1480 g/mol. The first kappa shape index (κ1) is 70.4. The highest BCUT2D eigenvalue weighted by molar-refractivity contribution is 6.21. The lowest BCUT2D eigenvalue weighted by molar-refractivity contribution is 0.660. The fourth-order valence-corrected chi connectivity index (χ4v) is 18.3. The van der Waals surface area contributed by atoms with Gasteiger partial charge in [-0.05, 0) is 164 Å². The highest BCUT2D eigenvalue weighted by Gasteiger charge is 2.36. The quantitative estimate of drug-likeness (QED) is 0.119. The van der Waals surface area contributed by atoms with Crippen molar-refractivity contribution in [3.05, 3.63) is 412 Å². The second kappa shape index (κ2) is 28.7. The lowest BCUT2D eigenvalue weighted by Crippen LogP contribution is -2.15. The van der Waals surface area contributed by atoms with E-state index in [0.29, 0.717) is 34.9 Å². The maximum Gasteiger partial charge on any atom is 0.164 e. The standard InChI is InChI=1S/C63H40N4O.C48H32N4O/c1-4-16-41(17-5-1)45-22-12-23-46(36-45)44-32-34-51(35-33-44)67-56-30-11-10-28-52(56)54-40-59-55(39-57(54)67)60-53(29-15-31-58(60)68-59)63-65-61(49-26-13-24-47(37-49)42-18-6-2-7-19-42)64-62(66-63)50-27-14-25-48(38-50)43-20-8-3-9-21-43;1-48(2)38-21-11-9-18-32(38)33-25-24-30(26-39(33)48)46-49-45(29-14-5-3-6-15-29)50-47(51-46)35-20-13-23-42-44(35)37-27-41-36(28-43(37)53-42)34-19-10-12-22-40(34)52(41)31-16-7-4-8-17-31/h1-40H;3-28H,1-2H3. The Kier molecular flexibility index (Phi) is 16.7. The van der Waals surface area contributed by atoms with E-state index in [9.17, 15) is 0 Å². The summed E-state index contributed by atoms with van der Waals surface area (Å²) in [6.45, 7) is 4.60. The van der Waals surface area contributed by atoms with E-state index in [1.54, 1.807) is 0 Å². The van der Waals surface area contributed by atoms with Crippen LogP contribution in [-0.2, 0) is 5.41 Å². The van der Waals surface area contributed by atoms with E-state index in [-0.39, 0.29) is 5.41 Å². The van der Waals surface area contributed by atoms with Gasteiger partial charge in [-0.3, -0.25) is 0 Å². The van der Waals surface area contributed by atoms with Crippen molar-refractivity contribution in [1.82, 2.24) is 39.0 Å². The molecule has 24 rings (SSSR count). The van der Waals surface area contributed by atoms with Crippen molar-refractivity contribution in [1.29, 1.82) is 0 Å². The molecule has 1 aliphatic rings. The zero-order chi connectivity index (χ0) is 80.2. The number of hydrogen-bond acceptors (Lipinski definition) is 8. The van der Waals surface area contributed by atoms with Gasteiger partial charge in [0.05, 0.1) is 22.1 Å². The Morgan fingerprint density at radius 2 is 0.529 bits per heavy atom. The molecule has 10 heteroatoms. The number of nitrogens with zero attached hydrogens (tertiary/aromatic N) is 8. The number of aromatic nitrogens is 8. The molecule has 0 aliphatic heterocycles. The second-order valence-electron chi connectivity index (χ2n) is 31.6. The molecule has 0 saturated carbocycles. The maximum absolute atomic E-state index is 6.77. The van der Waals surface area contributed by atoms with Gasteiger partial charge in [0.15, 0.2) is 34.9 Å². The maximum atomic E-state index is 6.77. The highest BCUT2D eigenvalue weighted by Crippen LogP contribution is 2.51. The molecule has 0 radical (unpaired) electrons. The number of benzene rings is 17. The van der Waals surface area contributed by atoms with Gasteiger partial charge < -0.3 is 18.0 Å². The Labute approximate surface area is 697 Å². The molecule has 0 fully saturated rings. The van der Waals surface area contributed by atoms with Crippen LogP contribution in [0.1, 0.15) is 25.0 Å². The van der Waals surface area contributed by atoms with Crippen LogP contribution in [0.5, 0.6) is 0 Å². The zero-order valence-electron chi connectivity index (χ0n) is 66.0. The predicted octanol–water partition coefficient (Wildman–Crippen LogP) is 28.7. The average molecular weight is 1550 g/mol. The number of fused-ring (bicyclic) bond motifs is 15. The summed E-state index contributed by atoms with van der Waals surface area (Å²) in [6, 6.07) is 140. The molecule has 1 aliphatic carbocycles. The van der Waals surface area contributed by atoms with Crippen molar-refractivity contribution in [2.24, 2.45) is 0 Å². The monoisotopic (exact) mass is 1550 g/mol. The molecule has 0 bridgehead atoms. The molecule has 0 unspecified atom stereocenters. The van der Waals surface area contributed by atoms with Crippen LogP contribution in [0.4, 0.5) is 0 Å². The number of rotatable bonds is 12. The van der Waals surface area contributed by atoms with Crippen molar-refractivity contribution in [2.75, 3.05) is 0 Å². The third-order valence-corrected chi connectivity index (χ3v) is 24.1. The smallest absolute Gasteiger partial charge is 0.164 e. The minimum atomic E-state index is -0.144. The molecule has 0 amide bonds. The second-order valence-corrected chi connectivity index (χ2v) is 31.6. The SMILES string of the molecule is CC1(C)c2ccccc2-c2ccc(-c3nc(-c4ccccc4)nc(-c4cccc5oc6cc7c8ccccc8n(-c8ccccc8)c7cc6c45)n3)cc21.c1ccc(-c2cccc(-c3ccc(-n4c5ccccc5c5cc6oc7cccc(-c8nc(-c9cccc(-c%10ccccc%10)c9)nc(-c9cccc(-c%10ccccc%10)c9)n8)c7c6cc54)cc3)c2)cc1. The summed E-state index contributed by atoms with van der Waals surface area (Å²) in [4.78, 5) is 31.3. The van der Waals surface area contributed by atoms with Gasteiger partial charge in [-0.2, -0.15) is 0 Å². The van der Waals surface area contributed by atoms with E-state index in [1.807, 2.05) is 54.6 Å². The summed E-state index contributed by atoms with van der Waals surface area (Å²) in [5.74, 6) is 3.63. The molecule has 17 aromatic carbocycles. The average Bonchev–Trinajstić information content (AvgIpc) is 1.57. The van der Waals surface area contributed by atoms with E-state index >= 15 is 0 Å². The Morgan fingerprint density at radius 3 is 1.01 bits per heavy atom. The summed E-state index contributed by atoms with van der Waals surface area (Å²) in [5, 5.41) is 8.55. The third-order valence-electron chi connectivity index (χ3n) is 24.1. The molecule has 0 spiro atoms. The Morgan fingerprint density at radius 1 is 0.198 bits per heavy atom. The lowest BCUT2D eigenvalue weighted by Gasteiger charge is -2.21. The first-order valence-corrected chi connectivity index (χ1v) is 40.9. The lowest BCUT2D eigenvalue weighted by atomic mass is 9.82. The van der Waals surface area contributed by atoms with E-state index in [4.69, 9.17) is 38.7 Å². The summed E-state index contributed by atoms with van der Waals surface area (Å²) in [7, 11) is 0. The van der Waals surface area contributed by atoms with Crippen molar-refractivity contribution in [3.63, 3.8) is 0 Å². The molecule has 0 saturated heterocycles. The van der Waals surface area contributed by atoms with Crippen LogP contribution in [0.15, 0.2) is 409 Å². The molecule has 23 aromatic rings. The fourth-order valence-electron chi connectivity index (χ4n) is 18.3. The van der Waals surface area contributed by atoms with Crippen LogP contribution in [0.2, 0.25) is 0 Å². The molecule has 6 aromatic heterocycles. The van der Waals surface area contributed by atoms with Crippen molar-refractivity contribution < 1.29 is 8.83 Å². The predicted molar refractivity (Wildman–Crippen MR) is 495 cm³/mol. The topological polar surface area (TPSA) is 113 Å². The Hall–Kier alpha value is -16.0. The van der Waals surface area contributed by atoms with E-state index < -0.39 is 0 Å². The van der Waals surface area contributed by atoms with Crippen LogP contribution in [0.25, 0.3) is 223 Å². The van der Waals surface area contributed by atoms with Crippen LogP contribution >= 0.6 is 0 Å². The largest absolute Gasteiger partial charge is 0.456 e. The molecule has 6 heterocycles. The van der Waals surface area contributed by atoms with E-state index in [1.165, 1.54) is 44.3 Å². The highest BCUT2D eigenvalue weighted by atomic mass is 16.3. The van der Waals surface area contributed by atoms with Crippen LogP contribution in [0, 0.1) is 0 Å². The minimum absolute atomic E-state index is 0.144. The van der Waals surface area contributed by atoms with Gasteiger partial charge in [-0.1, -0.05) is 317 Å². The molecular formula is C111H72N8O2. The summed E-state index contributed by atoms with van der Waals surface area (Å²) >= 11 is 0. The van der Waals surface area contributed by atoms with Gasteiger partial charge in [-0.15, -0.1) is 0 Å². The first-order chi connectivity index (χ1) is 59.7. The Balaban J connectivity index is 0.000000145. The normalized spacial score (nSPS) is 12.3. The number of hydrogen-bond donors (Lipinski definition) is 0. The summed E-state index contributed by atoms with van der Waals surface area (Å²) in [6.07, 6.45) is 0. The van der Waals surface area contributed by atoms with Gasteiger partial charge in [0.2, 0.25) is 0 Å². The van der Waals surface area contributed by atoms with Gasteiger partial charge in [-0.25, -0.2) is 29.9 Å². The van der Waals surface area contributed by atoms with Gasteiger partial charge >= 0.3 is 0 Å². The van der Waals surface area contributed by atoms with Crippen LogP contribution in [0.3, 0.4) is 0 Å². The van der Waals surface area contributed by atoms with Crippen LogP contribution in [-0.4, -0.2) is 39.0 Å². The molecule has 568 valence electrons. The third kappa shape index (κ3) is 12.2. The molecule has 0 N–H and O–H groups in total. The number of para-hydroxylation sites is 3. The van der Waals surface area contributed by atoms with Crippen LogP contribution < -0.4 is 0 Å². The van der Waals surface area contributed by atoms with Crippen molar-refractivity contribution in [3.8, 4) is 135 Å². The zero-order valence-corrected chi connectivity index (χ0v) is 66.0. The van der Waals surface area contributed by atoms with E-state index in [2.05, 4.69) is 369 Å².